The van der Waals surface area contributed by atoms with Crippen molar-refractivity contribution in [3.05, 3.63) is 29.8 Å². The van der Waals surface area contributed by atoms with E-state index < -0.39 is 5.60 Å². The number of carbonyl (C=O) groups is 3. The summed E-state index contributed by atoms with van der Waals surface area (Å²) in [5, 5.41) is 0. The van der Waals surface area contributed by atoms with Crippen molar-refractivity contribution >= 4 is 23.8 Å². The van der Waals surface area contributed by atoms with Gasteiger partial charge in [-0.15, -0.1) is 0 Å². The van der Waals surface area contributed by atoms with E-state index in [1.165, 1.54) is 7.11 Å². The lowest BCUT2D eigenvalue weighted by atomic mass is 9.97. The maximum absolute atomic E-state index is 12.9. The summed E-state index contributed by atoms with van der Waals surface area (Å²) in [6.45, 7) is 9.45. The highest BCUT2D eigenvalue weighted by atomic mass is 16.6. The second-order valence-corrected chi connectivity index (χ2v) is 8.94. The Balaban J connectivity index is 1.65. The lowest BCUT2D eigenvalue weighted by molar-refractivity contribution is -0.140. The molecule has 2 saturated heterocycles. The van der Waals surface area contributed by atoms with Crippen molar-refractivity contribution in [2.45, 2.75) is 51.7 Å². The van der Waals surface area contributed by atoms with Crippen molar-refractivity contribution in [2.24, 2.45) is 0 Å². The van der Waals surface area contributed by atoms with E-state index in [1.54, 1.807) is 9.80 Å². The Bertz CT molecular complexity index is 802. The third-order valence-corrected chi connectivity index (χ3v) is 5.48. The van der Waals surface area contributed by atoms with Crippen LogP contribution in [0.3, 0.4) is 0 Å². The van der Waals surface area contributed by atoms with Gasteiger partial charge in [0.15, 0.2) is 0 Å². The molecule has 2 fully saturated rings. The number of urea groups is 1. The number of fused-ring (bicyclic) bond motifs is 1. The molecule has 2 heterocycles. The van der Waals surface area contributed by atoms with Crippen molar-refractivity contribution < 1.29 is 23.9 Å². The van der Waals surface area contributed by atoms with Crippen molar-refractivity contribution in [1.82, 2.24) is 9.80 Å². The zero-order valence-electron chi connectivity index (χ0n) is 18.4. The van der Waals surface area contributed by atoms with E-state index in [4.69, 9.17) is 9.47 Å². The summed E-state index contributed by atoms with van der Waals surface area (Å²) in [4.78, 5) is 42.0. The molecule has 1 aromatic carbocycles. The fraction of sp³-hybridized carbons (Fsp3) is 0.591. The van der Waals surface area contributed by atoms with Crippen LogP contribution in [0.4, 0.5) is 15.3 Å². The summed E-state index contributed by atoms with van der Waals surface area (Å²) in [6.07, 6.45) is -0.0218. The molecule has 0 spiro atoms. The predicted octanol–water partition coefficient (Wildman–Crippen LogP) is 3.21. The number of amides is 3. The van der Waals surface area contributed by atoms with Gasteiger partial charge in [-0.2, -0.15) is 0 Å². The maximum Gasteiger partial charge on any atom is 0.410 e. The Morgan fingerprint density at radius 3 is 2.40 bits per heavy atom. The molecule has 0 N–H and O–H groups in total. The predicted molar refractivity (Wildman–Crippen MR) is 113 cm³/mol. The highest BCUT2D eigenvalue weighted by molar-refractivity contribution is 5.95. The lowest BCUT2D eigenvalue weighted by Crippen LogP contribution is -2.54. The first-order valence-corrected chi connectivity index (χ1v) is 10.3. The van der Waals surface area contributed by atoms with Gasteiger partial charge in [-0.3, -0.25) is 9.69 Å². The number of anilines is 1. The maximum atomic E-state index is 12.9. The summed E-state index contributed by atoms with van der Waals surface area (Å²) < 4.78 is 10.2. The summed E-state index contributed by atoms with van der Waals surface area (Å²) in [5.74, 6) is -0.206. The SMILES string of the molecule is COC(=O)C[C@@H](C)c1ccc(N2C[C@@H]3CN(C(=O)OC(C)(C)C)CCN3C2=O)cc1. The molecule has 164 valence electrons. The minimum Gasteiger partial charge on any atom is -0.469 e. The fourth-order valence-corrected chi connectivity index (χ4v) is 3.85. The van der Waals surface area contributed by atoms with E-state index >= 15 is 0 Å². The second-order valence-electron chi connectivity index (χ2n) is 8.94. The van der Waals surface area contributed by atoms with Gasteiger partial charge in [0.2, 0.25) is 0 Å². The van der Waals surface area contributed by atoms with Gasteiger partial charge in [0.1, 0.15) is 5.60 Å². The number of esters is 1. The third-order valence-electron chi connectivity index (χ3n) is 5.48. The van der Waals surface area contributed by atoms with E-state index in [9.17, 15) is 14.4 Å². The monoisotopic (exact) mass is 417 g/mol. The summed E-state index contributed by atoms with van der Waals surface area (Å²) >= 11 is 0. The standard InChI is InChI=1S/C22H31N3O5/c1-15(12-19(26)29-5)16-6-8-17(9-7-16)25-14-18-13-23(10-11-24(18)20(25)27)21(28)30-22(2,3)4/h6-9,15,18H,10-14H2,1-5H3/t15-,18+/m1/s1. The van der Waals surface area contributed by atoms with Gasteiger partial charge >= 0.3 is 18.1 Å². The summed E-state index contributed by atoms with van der Waals surface area (Å²) in [7, 11) is 1.38. The number of piperazine rings is 1. The van der Waals surface area contributed by atoms with Crippen LogP contribution in [0, 0.1) is 0 Å². The van der Waals surface area contributed by atoms with Crippen LogP contribution in [-0.2, 0) is 14.3 Å². The second kappa shape index (κ2) is 8.53. The molecule has 0 aliphatic carbocycles. The minimum absolute atomic E-state index is 0.0366. The number of rotatable bonds is 4. The van der Waals surface area contributed by atoms with Gasteiger partial charge in [-0.1, -0.05) is 19.1 Å². The van der Waals surface area contributed by atoms with E-state index in [0.717, 1.165) is 11.3 Å². The van der Waals surface area contributed by atoms with E-state index in [2.05, 4.69) is 0 Å². The van der Waals surface area contributed by atoms with Gasteiger partial charge < -0.3 is 19.3 Å². The quantitative estimate of drug-likeness (QED) is 0.703. The molecule has 8 nitrogen and oxygen atoms in total. The number of methoxy groups -OCH3 is 1. The van der Waals surface area contributed by atoms with E-state index in [1.807, 2.05) is 56.9 Å². The van der Waals surface area contributed by atoms with Crippen molar-refractivity contribution in [1.29, 1.82) is 0 Å². The van der Waals surface area contributed by atoms with E-state index in [-0.39, 0.29) is 30.1 Å². The molecule has 0 radical (unpaired) electrons. The van der Waals surface area contributed by atoms with Crippen molar-refractivity contribution in [3.8, 4) is 0 Å². The topological polar surface area (TPSA) is 79.4 Å². The number of hydrogen-bond donors (Lipinski definition) is 0. The molecule has 0 bridgehead atoms. The third kappa shape index (κ3) is 4.86. The van der Waals surface area contributed by atoms with Crippen LogP contribution in [0.5, 0.6) is 0 Å². The molecule has 2 aliphatic heterocycles. The first kappa shape index (κ1) is 21.9. The highest BCUT2D eigenvalue weighted by Crippen LogP contribution is 2.29. The van der Waals surface area contributed by atoms with Gasteiger partial charge in [0.25, 0.3) is 0 Å². The molecule has 2 aliphatic rings. The zero-order chi connectivity index (χ0) is 22.1. The molecule has 3 rings (SSSR count). The van der Waals surface area contributed by atoms with Crippen LogP contribution in [0.25, 0.3) is 0 Å². The van der Waals surface area contributed by atoms with Gasteiger partial charge in [-0.05, 0) is 44.4 Å². The minimum atomic E-state index is -0.543. The Kier molecular flexibility index (Phi) is 6.24. The van der Waals surface area contributed by atoms with Crippen molar-refractivity contribution in [3.63, 3.8) is 0 Å². The molecule has 2 atom stereocenters. The molecular formula is C22H31N3O5. The number of ether oxygens (including phenoxy) is 2. The van der Waals surface area contributed by atoms with Crippen LogP contribution in [0.15, 0.2) is 24.3 Å². The first-order chi connectivity index (χ1) is 14.1. The Hall–Kier alpha value is -2.77. The molecule has 3 amide bonds. The van der Waals surface area contributed by atoms with Crippen LogP contribution in [-0.4, -0.2) is 72.8 Å². The molecule has 0 unspecified atom stereocenters. The average Bonchev–Trinajstić information content (AvgIpc) is 3.02. The van der Waals surface area contributed by atoms with Gasteiger partial charge in [0, 0.05) is 31.9 Å². The van der Waals surface area contributed by atoms with Crippen molar-refractivity contribution in [2.75, 3.05) is 38.2 Å². The highest BCUT2D eigenvalue weighted by Gasteiger charge is 2.42. The molecule has 0 saturated carbocycles. The number of nitrogens with zero attached hydrogens (tertiary/aromatic N) is 3. The van der Waals surface area contributed by atoms with Crippen LogP contribution >= 0.6 is 0 Å². The average molecular weight is 418 g/mol. The fourth-order valence-electron chi connectivity index (χ4n) is 3.85. The Morgan fingerprint density at radius 1 is 1.13 bits per heavy atom. The summed E-state index contributed by atoms with van der Waals surface area (Å²) in [5.41, 5.74) is 1.29. The van der Waals surface area contributed by atoms with Gasteiger partial charge in [-0.25, -0.2) is 9.59 Å². The Morgan fingerprint density at radius 2 is 1.80 bits per heavy atom. The largest absolute Gasteiger partial charge is 0.469 e. The summed E-state index contributed by atoms with van der Waals surface area (Å²) in [6, 6.07) is 7.60. The molecule has 30 heavy (non-hydrogen) atoms. The molecule has 0 aromatic heterocycles. The number of carbonyl (C=O) groups excluding carboxylic acids is 3. The van der Waals surface area contributed by atoms with E-state index in [0.29, 0.717) is 32.6 Å². The number of hydrogen-bond acceptors (Lipinski definition) is 5. The normalized spacial score (nSPS) is 20.1. The Labute approximate surface area is 177 Å². The first-order valence-electron chi connectivity index (χ1n) is 10.3. The van der Waals surface area contributed by atoms with Crippen LogP contribution < -0.4 is 4.90 Å². The molecule has 8 heteroatoms. The van der Waals surface area contributed by atoms with Crippen LogP contribution in [0.1, 0.15) is 45.6 Å². The van der Waals surface area contributed by atoms with Crippen LogP contribution in [0.2, 0.25) is 0 Å². The molecule has 1 aromatic rings. The number of benzene rings is 1. The van der Waals surface area contributed by atoms with Gasteiger partial charge in [0.05, 0.1) is 19.6 Å². The molecular weight excluding hydrogens is 386 g/mol. The lowest BCUT2D eigenvalue weighted by Gasteiger charge is -2.36. The smallest absolute Gasteiger partial charge is 0.410 e. The zero-order valence-corrected chi connectivity index (χ0v) is 18.4.